The van der Waals surface area contributed by atoms with Crippen LogP contribution in [-0.2, 0) is 0 Å². The maximum absolute atomic E-state index is 12.0. The van der Waals surface area contributed by atoms with Crippen LogP contribution in [0.3, 0.4) is 0 Å². The summed E-state index contributed by atoms with van der Waals surface area (Å²) >= 11 is 0. The van der Waals surface area contributed by atoms with Gasteiger partial charge in [0.15, 0.2) is 0 Å². The summed E-state index contributed by atoms with van der Waals surface area (Å²) in [5.74, 6) is -0.232. The zero-order valence-corrected chi connectivity index (χ0v) is 11.7. The molecular formula is C16H18N4O. The van der Waals surface area contributed by atoms with Crippen molar-refractivity contribution in [2.24, 2.45) is 0 Å². The number of anilines is 3. The van der Waals surface area contributed by atoms with Crippen molar-refractivity contribution in [1.29, 1.82) is 0 Å². The molecule has 1 fully saturated rings. The van der Waals surface area contributed by atoms with Crippen LogP contribution in [0.15, 0.2) is 42.6 Å². The number of carbonyl (C=O) groups excluding carboxylic acids is 1. The highest BCUT2D eigenvalue weighted by Crippen LogP contribution is 2.22. The molecular weight excluding hydrogens is 264 g/mol. The molecule has 0 atom stereocenters. The minimum Gasteiger partial charge on any atom is -0.397 e. The van der Waals surface area contributed by atoms with Crippen molar-refractivity contribution in [2.45, 2.75) is 12.8 Å². The monoisotopic (exact) mass is 282 g/mol. The maximum Gasteiger partial charge on any atom is 0.274 e. The van der Waals surface area contributed by atoms with Crippen LogP contribution in [0.4, 0.5) is 17.1 Å². The van der Waals surface area contributed by atoms with E-state index in [1.807, 2.05) is 24.3 Å². The van der Waals surface area contributed by atoms with E-state index in [4.69, 9.17) is 5.73 Å². The number of nitrogen functional groups attached to an aromatic ring is 1. The summed E-state index contributed by atoms with van der Waals surface area (Å²) in [5.41, 5.74) is 8.42. The first-order valence-corrected chi connectivity index (χ1v) is 7.10. The van der Waals surface area contributed by atoms with Crippen molar-refractivity contribution >= 4 is 23.0 Å². The Morgan fingerprint density at radius 1 is 1.10 bits per heavy atom. The number of amides is 1. The number of nitrogens with one attached hydrogen (secondary N) is 1. The highest BCUT2D eigenvalue weighted by atomic mass is 16.1. The van der Waals surface area contributed by atoms with Crippen LogP contribution in [0.25, 0.3) is 0 Å². The Morgan fingerprint density at radius 3 is 2.43 bits per heavy atom. The van der Waals surface area contributed by atoms with Gasteiger partial charge in [0, 0.05) is 24.5 Å². The van der Waals surface area contributed by atoms with E-state index in [1.54, 1.807) is 12.1 Å². The first kappa shape index (κ1) is 13.4. The van der Waals surface area contributed by atoms with E-state index in [2.05, 4.69) is 15.2 Å². The summed E-state index contributed by atoms with van der Waals surface area (Å²) in [6, 6.07) is 11.2. The summed E-state index contributed by atoms with van der Waals surface area (Å²) in [7, 11) is 0. The fourth-order valence-corrected chi connectivity index (χ4v) is 2.47. The van der Waals surface area contributed by atoms with E-state index in [0.717, 1.165) is 18.8 Å². The van der Waals surface area contributed by atoms with Crippen LogP contribution in [-0.4, -0.2) is 24.0 Å². The standard InChI is InChI=1S/C16H18N4O/c17-12-3-8-15(18-11-12)16(21)19-13-4-6-14(7-5-13)20-9-1-2-10-20/h3-8,11H,1-2,9-10,17H2,(H,19,21). The normalized spacial score (nSPS) is 14.2. The summed E-state index contributed by atoms with van der Waals surface area (Å²) in [6.07, 6.45) is 3.98. The van der Waals surface area contributed by atoms with Crippen molar-refractivity contribution < 1.29 is 4.79 Å². The summed E-state index contributed by atoms with van der Waals surface area (Å²) in [5, 5.41) is 2.83. The van der Waals surface area contributed by atoms with Crippen LogP contribution < -0.4 is 16.0 Å². The van der Waals surface area contributed by atoms with Gasteiger partial charge in [0.25, 0.3) is 5.91 Å². The fourth-order valence-electron chi connectivity index (χ4n) is 2.47. The molecule has 0 unspecified atom stereocenters. The lowest BCUT2D eigenvalue weighted by Crippen LogP contribution is -2.17. The molecule has 3 N–H and O–H groups in total. The van der Waals surface area contributed by atoms with Crippen LogP contribution in [0.5, 0.6) is 0 Å². The molecule has 21 heavy (non-hydrogen) atoms. The van der Waals surface area contributed by atoms with Gasteiger partial charge < -0.3 is 16.0 Å². The molecule has 2 aromatic rings. The smallest absolute Gasteiger partial charge is 0.274 e. The Kier molecular flexibility index (Phi) is 3.73. The minimum absolute atomic E-state index is 0.232. The van der Waals surface area contributed by atoms with Gasteiger partial charge in [-0.3, -0.25) is 4.79 Å². The van der Waals surface area contributed by atoms with Crippen LogP contribution in [0.1, 0.15) is 23.3 Å². The van der Waals surface area contributed by atoms with Gasteiger partial charge >= 0.3 is 0 Å². The number of nitrogens with zero attached hydrogens (tertiary/aromatic N) is 2. The Balaban J connectivity index is 1.67. The second kappa shape index (κ2) is 5.83. The zero-order valence-electron chi connectivity index (χ0n) is 11.7. The first-order valence-electron chi connectivity index (χ1n) is 7.10. The molecule has 5 nitrogen and oxygen atoms in total. The third kappa shape index (κ3) is 3.13. The van der Waals surface area contributed by atoms with Gasteiger partial charge in [-0.25, -0.2) is 4.98 Å². The number of hydrogen-bond donors (Lipinski definition) is 2. The fraction of sp³-hybridized carbons (Fsp3) is 0.250. The van der Waals surface area contributed by atoms with Gasteiger partial charge in [0.05, 0.1) is 11.9 Å². The van der Waals surface area contributed by atoms with E-state index >= 15 is 0 Å². The second-order valence-corrected chi connectivity index (χ2v) is 5.17. The number of hydrogen-bond acceptors (Lipinski definition) is 4. The van der Waals surface area contributed by atoms with E-state index < -0.39 is 0 Å². The summed E-state index contributed by atoms with van der Waals surface area (Å²) < 4.78 is 0. The Labute approximate surface area is 123 Å². The van der Waals surface area contributed by atoms with Crippen LogP contribution in [0, 0.1) is 0 Å². The van der Waals surface area contributed by atoms with Crippen molar-refractivity contribution in [1.82, 2.24) is 4.98 Å². The van der Waals surface area contributed by atoms with Crippen molar-refractivity contribution in [2.75, 3.05) is 29.0 Å². The van der Waals surface area contributed by atoms with E-state index in [-0.39, 0.29) is 5.91 Å². The highest BCUT2D eigenvalue weighted by molar-refractivity contribution is 6.03. The highest BCUT2D eigenvalue weighted by Gasteiger charge is 2.12. The van der Waals surface area contributed by atoms with Crippen molar-refractivity contribution in [3.8, 4) is 0 Å². The number of rotatable bonds is 3. The van der Waals surface area contributed by atoms with Crippen molar-refractivity contribution in [3.05, 3.63) is 48.3 Å². The average molecular weight is 282 g/mol. The molecule has 2 heterocycles. The lowest BCUT2D eigenvalue weighted by Gasteiger charge is -2.17. The van der Waals surface area contributed by atoms with Crippen LogP contribution >= 0.6 is 0 Å². The first-order chi connectivity index (χ1) is 10.2. The minimum atomic E-state index is -0.232. The molecule has 1 saturated heterocycles. The molecule has 1 aromatic heterocycles. The van der Waals surface area contributed by atoms with Crippen LogP contribution in [0.2, 0.25) is 0 Å². The van der Waals surface area contributed by atoms with Gasteiger partial charge in [-0.1, -0.05) is 0 Å². The molecule has 0 radical (unpaired) electrons. The van der Waals surface area contributed by atoms with Crippen molar-refractivity contribution in [3.63, 3.8) is 0 Å². The third-order valence-electron chi connectivity index (χ3n) is 3.62. The Hall–Kier alpha value is -2.56. The molecule has 1 aliphatic heterocycles. The summed E-state index contributed by atoms with van der Waals surface area (Å²) in [6.45, 7) is 2.22. The Morgan fingerprint density at radius 2 is 1.81 bits per heavy atom. The number of aromatic nitrogens is 1. The maximum atomic E-state index is 12.0. The largest absolute Gasteiger partial charge is 0.397 e. The molecule has 3 rings (SSSR count). The lowest BCUT2D eigenvalue weighted by atomic mass is 10.2. The molecule has 1 aromatic carbocycles. The molecule has 1 aliphatic rings. The van der Waals surface area contributed by atoms with E-state index in [0.29, 0.717) is 11.4 Å². The number of pyridine rings is 1. The summed E-state index contributed by atoms with van der Waals surface area (Å²) in [4.78, 5) is 18.4. The molecule has 0 aliphatic carbocycles. The van der Waals surface area contributed by atoms with Gasteiger partial charge in [-0.05, 0) is 49.2 Å². The predicted octanol–water partition coefficient (Wildman–Crippen LogP) is 2.52. The SMILES string of the molecule is Nc1ccc(C(=O)Nc2ccc(N3CCCC3)cc2)nc1. The average Bonchev–Trinajstić information content (AvgIpc) is 3.03. The molecule has 5 heteroatoms. The molecule has 0 spiro atoms. The van der Waals surface area contributed by atoms with Gasteiger partial charge in [-0.15, -0.1) is 0 Å². The van der Waals surface area contributed by atoms with Gasteiger partial charge in [0.2, 0.25) is 0 Å². The predicted molar refractivity (Wildman–Crippen MR) is 84.5 cm³/mol. The lowest BCUT2D eigenvalue weighted by molar-refractivity contribution is 0.102. The van der Waals surface area contributed by atoms with Gasteiger partial charge in [-0.2, -0.15) is 0 Å². The molecule has 0 saturated carbocycles. The molecule has 108 valence electrons. The second-order valence-electron chi connectivity index (χ2n) is 5.17. The number of benzene rings is 1. The van der Waals surface area contributed by atoms with Gasteiger partial charge in [0.1, 0.15) is 5.69 Å². The molecule has 0 bridgehead atoms. The quantitative estimate of drug-likeness (QED) is 0.907. The molecule has 1 amide bonds. The third-order valence-corrected chi connectivity index (χ3v) is 3.62. The van der Waals surface area contributed by atoms with E-state index in [1.165, 1.54) is 24.7 Å². The zero-order chi connectivity index (χ0) is 14.7. The topological polar surface area (TPSA) is 71.2 Å². The Bertz CT molecular complexity index is 616. The number of carbonyl (C=O) groups is 1. The van der Waals surface area contributed by atoms with E-state index in [9.17, 15) is 4.79 Å². The number of nitrogens with two attached hydrogens (primary N) is 1.